The highest BCUT2D eigenvalue weighted by Crippen LogP contribution is 2.19. The zero-order valence-electron chi connectivity index (χ0n) is 14.1. The summed E-state index contributed by atoms with van der Waals surface area (Å²) in [7, 11) is 0. The van der Waals surface area contributed by atoms with Gasteiger partial charge in [0, 0.05) is 11.8 Å². The number of amides is 1. The minimum atomic E-state index is -0.506. The van der Waals surface area contributed by atoms with Crippen LogP contribution in [0.2, 0.25) is 0 Å². The maximum absolute atomic E-state index is 12.6. The molecular weight excluding hydrogens is 324 g/mol. The molecule has 0 aliphatic carbocycles. The fourth-order valence-electron chi connectivity index (χ4n) is 2.56. The summed E-state index contributed by atoms with van der Waals surface area (Å²) >= 11 is 0. The number of H-pyrrole nitrogens is 1. The van der Waals surface area contributed by atoms with Crippen LogP contribution in [0.1, 0.15) is 31.9 Å². The van der Waals surface area contributed by atoms with Crippen molar-refractivity contribution in [3.8, 4) is 0 Å². The Morgan fingerprint density at radius 2 is 2.20 bits per heavy atom. The van der Waals surface area contributed by atoms with E-state index in [1.807, 2.05) is 0 Å². The first-order chi connectivity index (χ1) is 12.0. The molecule has 0 saturated heterocycles. The van der Waals surface area contributed by atoms with Gasteiger partial charge in [-0.1, -0.05) is 24.9 Å². The fraction of sp³-hybridized carbons (Fsp3) is 0.353. The van der Waals surface area contributed by atoms with Gasteiger partial charge in [0.05, 0.1) is 5.52 Å². The molecule has 0 unspecified atom stereocenters. The highest BCUT2D eigenvalue weighted by atomic mass is 16.5. The number of fused-ring (bicyclic) bond motifs is 1. The van der Waals surface area contributed by atoms with E-state index >= 15 is 0 Å². The minimum Gasteiger partial charge on any atom is -0.408 e. The third-order valence-corrected chi connectivity index (χ3v) is 3.80. The number of carbonyl (C=O) groups is 1. The van der Waals surface area contributed by atoms with Crippen LogP contribution in [0, 0.1) is 6.92 Å². The molecule has 1 aromatic carbocycles. The predicted octanol–water partition coefficient (Wildman–Crippen LogP) is 3.03. The van der Waals surface area contributed by atoms with E-state index in [1.165, 1.54) is 0 Å². The molecule has 3 aromatic rings. The number of aromatic amines is 1. The van der Waals surface area contributed by atoms with E-state index in [0.29, 0.717) is 29.1 Å². The fourth-order valence-corrected chi connectivity index (χ4v) is 2.56. The molecule has 0 aliphatic rings. The lowest BCUT2D eigenvalue weighted by Crippen LogP contribution is -2.34. The number of anilines is 2. The highest BCUT2D eigenvalue weighted by molar-refractivity contribution is 5.96. The smallest absolute Gasteiger partial charge is 0.408 e. The van der Waals surface area contributed by atoms with Crippen LogP contribution >= 0.6 is 0 Å². The number of hydrogen-bond donors (Lipinski definition) is 3. The first kappa shape index (κ1) is 16.8. The van der Waals surface area contributed by atoms with E-state index in [2.05, 4.69) is 27.7 Å². The number of rotatable bonds is 7. The van der Waals surface area contributed by atoms with Crippen LogP contribution in [0.25, 0.3) is 11.1 Å². The van der Waals surface area contributed by atoms with E-state index in [1.54, 1.807) is 31.2 Å². The molecule has 3 rings (SSSR count). The summed E-state index contributed by atoms with van der Waals surface area (Å²) in [5.74, 6) is 0.319. The number of nitrogens with one attached hydrogen (secondary N) is 3. The second kappa shape index (κ2) is 7.25. The third-order valence-electron chi connectivity index (χ3n) is 3.80. The van der Waals surface area contributed by atoms with Gasteiger partial charge in [-0.05, 0) is 31.5 Å². The van der Waals surface area contributed by atoms with Crippen LogP contribution in [0.3, 0.4) is 0 Å². The molecule has 0 aliphatic heterocycles. The van der Waals surface area contributed by atoms with E-state index in [0.717, 1.165) is 18.5 Å². The lowest BCUT2D eigenvalue weighted by atomic mass is 10.1. The zero-order valence-corrected chi connectivity index (χ0v) is 14.1. The Bertz CT molecular complexity index is 924. The predicted molar refractivity (Wildman–Crippen MR) is 93.6 cm³/mol. The first-order valence-electron chi connectivity index (χ1n) is 8.18. The molecule has 2 aromatic heterocycles. The quantitative estimate of drug-likeness (QED) is 0.607. The number of aryl methyl sites for hydroxylation is 1. The van der Waals surface area contributed by atoms with Crippen molar-refractivity contribution in [3.63, 3.8) is 0 Å². The SMILES string of the molecule is CCCC[C@@H](Nc1ccc2oc(=O)[nH]c2c1)C(=O)Nc1cc(C)on1. The molecule has 0 fully saturated rings. The van der Waals surface area contributed by atoms with E-state index in [4.69, 9.17) is 8.94 Å². The largest absolute Gasteiger partial charge is 0.417 e. The number of hydrogen-bond acceptors (Lipinski definition) is 6. The average molecular weight is 344 g/mol. The zero-order chi connectivity index (χ0) is 17.8. The minimum absolute atomic E-state index is 0.192. The summed E-state index contributed by atoms with van der Waals surface area (Å²) in [6.45, 7) is 3.83. The average Bonchev–Trinajstić information content (AvgIpc) is 3.15. The van der Waals surface area contributed by atoms with Crippen molar-refractivity contribution in [2.75, 3.05) is 10.6 Å². The number of aromatic nitrogens is 2. The molecular formula is C17H20N4O4. The first-order valence-corrected chi connectivity index (χ1v) is 8.18. The van der Waals surface area contributed by atoms with Crippen molar-refractivity contribution < 1.29 is 13.7 Å². The lowest BCUT2D eigenvalue weighted by molar-refractivity contribution is -0.117. The maximum atomic E-state index is 12.6. The van der Waals surface area contributed by atoms with Crippen LogP contribution < -0.4 is 16.4 Å². The van der Waals surface area contributed by atoms with Crippen molar-refractivity contribution in [2.24, 2.45) is 0 Å². The van der Waals surface area contributed by atoms with Crippen LogP contribution in [-0.2, 0) is 4.79 Å². The number of nitrogens with zero attached hydrogens (tertiary/aromatic N) is 1. The maximum Gasteiger partial charge on any atom is 0.417 e. The summed E-state index contributed by atoms with van der Waals surface area (Å²) in [5.41, 5.74) is 1.78. The van der Waals surface area contributed by atoms with Gasteiger partial charge in [-0.15, -0.1) is 0 Å². The Hall–Kier alpha value is -3.03. The van der Waals surface area contributed by atoms with Crippen molar-refractivity contribution >= 4 is 28.5 Å². The van der Waals surface area contributed by atoms with E-state index < -0.39 is 11.8 Å². The van der Waals surface area contributed by atoms with Crippen LogP contribution in [-0.4, -0.2) is 22.1 Å². The molecule has 1 atom stereocenters. The van der Waals surface area contributed by atoms with Gasteiger partial charge in [0.2, 0.25) is 5.91 Å². The van der Waals surface area contributed by atoms with Crippen LogP contribution in [0.4, 0.5) is 11.5 Å². The third kappa shape index (κ3) is 4.09. The highest BCUT2D eigenvalue weighted by Gasteiger charge is 2.19. The molecule has 0 radical (unpaired) electrons. The molecule has 0 saturated carbocycles. The van der Waals surface area contributed by atoms with Gasteiger partial charge in [-0.25, -0.2) is 4.79 Å². The lowest BCUT2D eigenvalue weighted by Gasteiger charge is -2.18. The summed E-state index contributed by atoms with van der Waals surface area (Å²) in [4.78, 5) is 26.4. The standard InChI is InChI=1S/C17H20N4O4/c1-3-4-5-12(16(22)20-15-8-10(2)25-21-15)18-11-6-7-14-13(9-11)19-17(23)24-14/h6-9,12,18H,3-5H2,1-2H3,(H,19,23)(H,20,21,22)/t12-/m1/s1. The van der Waals surface area contributed by atoms with Gasteiger partial charge in [0.15, 0.2) is 11.4 Å². The molecule has 2 heterocycles. The van der Waals surface area contributed by atoms with Crippen molar-refractivity contribution in [1.29, 1.82) is 0 Å². The topological polar surface area (TPSA) is 113 Å². The van der Waals surface area contributed by atoms with Gasteiger partial charge in [0.1, 0.15) is 11.8 Å². The normalized spacial score (nSPS) is 12.2. The number of benzene rings is 1. The van der Waals surface area contributed by atoms with Gasteiger partial charge in [-0.3, -0.25) is 9.78 Å². The number of unbranched alkanes of at least 4 members (excludes halogenated alkanes) is 1. The summed E-state index contributed by atoms with van der Waals surface area (Å²) < 4.78 is 9.95. The van der Waals surface area contributed by atoms with Gasteiger partial charge < -0.3 is 19.6 Å². The van der Waals surface area contributed by atoms with Crippen molar-refractivity contribution in [2.45, 2.75) is 39.2 Å². The van der Waals surface area contributed by atoms with Crippen LogP contribution in [0.5, 0.6) is 0 Å². The number of oxazole rings is 1. The second-order valence-corrected chi connectivity index (χ2v) is 5.88. The monoisotopic (exact) mass is 344 g/mol. The van der Waals surface area contributed by atoms with E-state index in [9.17, 15) is 9.59 Å². The van der Waals surface area contributed by atoms with E-state index in [-0.39, 0.29) is 5.91 Å². The molecule has 8 nitrogen and oxygen atoms in total. The Morgan fingerprint density at radius 3 is 2.92 bits per heavy atom. The Labute approximate surface area is 143 Å². The molecule has 132 valence electrons. The van der Waals surface area contributed by atoms with Crippen LogP contribution in [0.15, 0.2) is 38.0 Å². The molecule has 8 heteroatoms. The molecule has 0 bridgehead atoms. The Morgan fingerprint density at radius 1 is 1.36 bits per heavy atom. The number of carbonyl (C=O) groups excluding carboxylic acids is 1. The molecule has 3 N–H and O–H groups in total. The molecule has 1 amide bonds. The summed E-state index contributed by atoms with van der Waals surface area (Å²) in [6.07, 6.45) is 2.54. The molecule has 0 spiro atoms. The Balaban J connectivity index is 1.76. The van der Waals surface area contributed by atoms with Crippen molar-refractivity contribution in [3.05, 3.63) is 40.6 Å². The van der Waals surface area contributed by atoms with Gasteiger partial charge in [0.25, 0.3) is 0 Å². The molecule has 25 heavy (non-hydrogen) atoms. The van der Waals surface area contributed by atoms with Gasteiger partial charge >= 0.3 is 5.76 Å². The van der Waals surface area contributed by atoms with Crippen molar-refractivity contribution in [1.82, 2.24) is 10.1 Å². The Kier molecular flexibility index (Phi) is 4.87. The summed E-state index contributed by atoms with van der Waals surface area (Å²) in [5, 5.41) is 9.74. The summed E-state index contributed by atoms with van der Waals surface area (Å²) in [6, 6.07) is 6.42. The second-order valence-electron chi connectivity index (χ2n) is 5.88. The van der Waals surface area contributed by atoms with Gasteiger partial charge in [-0.2, -0.15) is 0 Å².